The van der Waals surface area contributed by atoms with Gasteiger partial charge in [0.1, 0.15) is 11.5 Å². The second-order valence-corrected chi connectivity index (χ2v) is 8.23. The van der Waals surface area contributed by atoms with Gasteiger partial charge in [-0.15, -0.1) is 0 Å². The predicted octanol–water partition coefficient (Wildman–Crippen LogP) is 5.82. The van der Waals surface area contributed by atoms with E-state index in [1.165, 1.54) is 23.3 Å². The van der Waals surface area contributed by atoms with Crippen molar-refractivity contribution in [2.75, 3.05) is 6.54 Å². The van der Waals surface area contributed by atoms with Crippen LogP contribution in [0.25, 0.3) is 10.9 Å². The highest BCUT2D eigenvalue weighted by atomic mass is 35.5. The second kappa shape index (κ2) is 9.55. The standard InChI is InChI=1S/C26H24ClFN2O2/c1-17-6-2-3-7-18(17)12-13-29-15-22-21-8-4-5-9-24(21)30(25(22)26(31)32)16-19-10-11-20(28)14-23(19)27/h2-11,14,29H,12-13,15-16H2,1H3,(H,31,32). The average molecular weight is 451 g/mol. The molecular weight excluding hydrogens is 427 g/mol. The third kappa shape index (κ3) is 4.54. The van der Waals surface area contributed by atoms with Crippen molar-refractivity contribution >= 4 is 28.5 Å². The van der Waals surface area contributed by atoms with Gasteiger partial charge in [-0.3, -0.25) is 0 Å². The van der Waals surface area contributed by atoms with Gasteiger partial charge in [-0.1, -0.05) is 60.1 Å². The van der Waals surface area contributed by atoms with Crippen molar-refractivity contribution in [3.05, 3.63) is 106 Å². The van der Waals surface area contributed by atoms with Crippen molar-refractivity contribution in [3.63, 3.8) is 0 Å². The SMILES string of the molecule is Cc1ccccc1CCNCc1c(C(=O)O)n(Cc2ccc(F)cc2Cl)c2ccccc12. The summed E-state index contributed by atoms with van der Waals surface area (Å²) in [4.78, 5) is 12.3. The summed E-state index contributed by atoms with van der Waals surface area (Å²) in [6.07, 6.45) is 0.860. The number of nitrogens with zero attached hydrogens (tertiary/aromatic N) is 1. The fourth-order valence-corrected chi connectivity index (χ4v) is 4.34. The number of rotatable bonds is 8. The molecule has 0 bridgehead atoms. The van der Waals surface area contributed by atoms with E-state index in [4.69, 9.17) is 11.6 Å². The number of hydrogen-bond acceptors (Lipinski definition) is 2. The number of aromatic carboxylic acids is 1. The lowest BCUT2D eigenvalue weighted by atomic mass is 10.1. The molecule has 0 atom stereocenters. The van der Waals surface area contributed by atoms with Gasteiger partial charge in [-0.2, -0.15) is 0 Å². The first-order valence-corrected chi connectivity index (χ1v) is 10.9. The minimum absolute atomic E-state index is 0.218. The third-order valence-electron chi connectivity index (χ3n) is 5.76. The number of carboxylic acids is 1. The maximum Gasteiger partial charge on any atom is 0.352 e. The molecule has 32 heavy (non-hydrogen) atoms. The van der Waals surface area contributed by atoms with Crippen LogP contribution in [0.4, 0.5) is 4.39 Å². The Kier molecular flexibility index (Phi) is 6.58. The summed E-state index contributed by atoms with van der Waals surface area (Å²) in [6, 6.07) is 20.0. The molecule has 1 aromatic heterocycles. The topological polar surface area (TPSA) is 54.3 Å². The lowest BCUT2D eigenvalue weighted by Crippen LogP contribution is -2.20. The summed E-state index contributed by atoms with van der Waals surface area (Å²) >= 11 is 6.23. The number of benzene rings is 3. The lowest BCUT2D eigenvalue weighted by molar-refractivity contribution is 0.0684. The fourth-order valence-electron chi connectivity index (χ4n) is 4.11. The van der Waals surface area contributed by atoms with E-state index < -0.39 is 11.8 Å². The number of hydrogen-bond donors (Lipinski definition) is 2. The van der Waals surface area contributed by atoms with Gasteiger partial charge in [0.2, 0.25) is 0 Å². The molecule has 4 aromatic rings. The highest BCUT2D eigenvalue weighted by molar-refractivity contribution is 6.31. The molecule has 0 aliphatic carbocycles. The number of aryl methyl sites for hydroxylation is 1. The molecule has 1 heterocycles. The van der Waals surface area contributed by atoms with E-state index in [-0.39, 0.29) is 17.3 Å². The molecule has 4 rings (SSSR count). The number of fused-ring (bicyclic) bond motifs is 1. The smallest absolute Gasteiger partial charge is 0.352 e. The van der Waals surface area contributed by atoms with Crippen LogP contribution in [0.3, 0.4) is 0 Å². The monoisotopic (exact) mass is 450 g/mol. The Morgan fingerprint density at radius 3 is 2.56 bits per heavy atom. The van der Waals surface area contributed by atoms with Gasteiger partial charge < -0.3 is 15.0 Å². The van der Waals surface area contributed by atoms with Crippen LogP contribution in [0.2, 0.25) is 5.02 Å². The number of nitrogens with one attached hydrogen (secondary N) is 1. The first kappa shape index (κ1) is 22.1. The van der Waals surface area contributed by atoms with Crippen molar-refractivity contribution in [1.82, 2.24) is 9.88 Å². The molecule has 0 amide bonds. The van der Waals surface area contributed by atoms with Crippen LogP contribution < -0.4 is 5.32 Å². The highest BCUT2D eigenvalue weighted by Crippen LogP contribution is 2.29. The second-order valence-electron chi connectivity index (χ2n) is 7.82. The molecule has 0 radical (unpaired) electrons. The Bertz CT molecular complexity index is 1280. The van der Waals surface area contributed by atoms with Gasteiger partial charge in [0.05, 0.1) is 0 Å². The zero-order valence-corrected chi connectivity index (χ0v) is 18.5. The van der Waals surface area contributed by atoms with Crippen LogP contribution in [-0.4, -0.2) is 22.2 Å². The van der Waals surface area contributed by atoms with E-state index in [1.54, 1.807) is 10.6 Å². The normalized spacial score (nSPS) is 11.2. The maximum absolute atomic E-state index is 13.5. The molecule has 6 heteroatoms. The van der Waals surface area contributed by atoms with Crippen molar-refractivity contribution < 1.29 is 14.3 Å². The Hall–Kier alpha value is -3.15. The number of carbonyl (C=O) groups is 1. The molecule has 2 N–H and O–H groups in total. The van der Waals surface area contributed by atoms with Crippen LogP contribution >= 0.6 is 11.6 Å². The van der Waals surface area contributed by atoms with Gasteiger partial charge >= 0.3 is 5.97 Å². The van der Waals surface area contributed by atoms with Gasteiger partial charge in [0.15, 0.2) is 0 Å². The van der Waals surface area contributed by atoms with Gasteiger partial charge in [-0.25, -0.2) is 9.18 Å². The van der Waals surface area contributed by atoms with Crippen molar-refractivity contribution in [1.29, 1.82) is 0 Å². The van der Waals surface area contributed by atoms with Crippen LogP contribution in [0, 0.1) is 12.7 Å². The quantitative estimate of drug-likeness (QED) is 0.332. The molecule has 0 aliphatic rings. The predicted molar refractivity (Wildman–Crippen MR) is 126 cm³/mol. The zero-order valence-electron chi connectivity index (χ0n) is 17.7. The summed E-state index contributed by atoms with van der Waals surface area (Å²) in [5.41, 5.74) is 4.93. The van der Waals surface area contributed by atoms with E-state index in [0.717, 1.165) is 29.4 Å². The Labute approximate surface area is 191 Å². The number of para-hydroxylation sites is 1. The van der Waals surface area contributed by atoms with E-state index in [9.17, 15) is 14.3 Å². The van der Waals surface area contributed by atoms with Gasteiger partial charge in [0, 0.05) is 34.6 Å². The average Bonchev–Trinajstić information content (AvgIpc) is 3.08. The van der Waals surface area contributed by atoms with Gasteiger partial charge in [0.25, 0.3) is 0 Å². The molecule has 0 spiro atoms. The minimum atomic E-state index is -1.00. The maximum atomic E-state index is 13.5. The van der Waals surface area contributed by atoms with Crippen molar-refractivity contribution in [3.8, 4) is 0 Å². The minimum Gasteiger partial charge on any atom is -0.477 e. The van der Waals surface area contributed by atoms with Crippen LogP contribution in [0.15, 0.2) is 66.7 Å². The molecule has 4 nitrogen and oxygen atoms in total. The van der Waals surface area contributed by atoms with Crippen LogP contribution in [0.1, 0.15) is 32.7 Å². The Morgan fingerprint density at radius 2 is 1.81 bits per heavy atom. The van der Waals surface area contributed by atoms with E-state index in [0.29, 0.717) is 12.1 Å². The summed E-state index contributed by atoms with van der Waals surface area (Å²) in [5.74, 6) is -1.43. The van der Waals surface area contributed by atoms with Crippen LogP contribution in [0.5, 0.6) is 0 Å². The van der Waals surface area contributed by atoms with E-state index in [2.05, 4.69) is 24.4 Å². The number of carboxylic acid groups (broad SMARTS) is 1. The van der Waals surface area contributed by atoms with Gasteiger partial charge in [-0.05, 0) is 54.8 Å². The summed E-state index contributed by atoms with van der Waals surface area (Å²) < 4.78 is 15.2. The number of halogens is 2. The first-order valence-electron chi connectivity index (χ1n) is 10.5. The third-order valence-corrected chi connectivity index (χ3v) is 6.11. The first-order chi connectivity index (χ1) is 15.5. The Balaban J connectivity index is 1.64. The van der Waals surface area contributed by atoms with Crippen molar-refractivity contribution in [2.45, 2.75) is 26.4 Å². The van der Waals surface area contributed by atoms with Crippen molar-refractivity contribution in [2.24, 2.45) is 0 Å². The summed E-state index contributed by atoms with van der Waals surface area (Å²) in [7, 11) is 0. The molecular formula is C26H24ClFN2O2. The largest absolute Gasteiger partial charge is 0.477 e. The lowest BCUT2D eigenvalue weighted by Gasteiger charge is -2.11. The molecule has 0 unspecified atom stereocenters. The number of aromatic nitrogens is 1. The summed E-state index contributed by atoms with van der Waals surface area (Å²) in [6.45, 7) is 3.49. The van der Waals surface area contributed by atoms with Crippen LogP contribution in [-0.2, 0) is 19.5 Å². The molecule has 3 aromatic carbocycles. The summed E-state index contributed by atoms with van der Waals surface area (Å²) in [5, 5.41) is 14.6. The molecule has 0 fully saturated rings. The molecule has 0 saturated carbocycles. The van der Waals surface area contributed by atoms with E-state index in [1.807, 2.05) is 36.4 Å². The zero-order chi connectivity index (χ0) is 22.7. The fraction of sp³-hybridized carbons (Fsp3) is 0.192. The highest BCUT2D eigenvalue weighted by Gasteiger charge is 2.22. The molecule has 164 valence electrons. The van der Waals surface area contributed by atoms with E-state index >= 15 is 0 Å². The Morgan fingerprint density at radius 1 is 1.06 bits per heavy atom. The molecule has 0 saturated heterocycles. The molecule has 0 aliphatic heterocycles.